The van der Waals surface area contributed by atoms with Crippen LogP contribution < -0.4 is 0 Å². The van der Waals surface area contributed by atoms with E-state index in [9.17, 15) is 18.7 Å². The van der Waals surface area contributed by atoms with Crippen LogP contribution in [-0.4, -0.2) is 45.4 Å². The molecule has 1 aromatic carbocycles. The molecule has 0 radical (unpaired) electrons. The number of benzene rings is 1. The Morgan fingerprint density at radius 3 is 2.61 bits per heavy atom. The SMILES string of the molecule is CC(C)Cn1ncc(C(=O)N2CC[C@@H](c3ccccc3)[C@@H](CO)C2)c1C(F)F. The molecule has 0 spiro atoms. The fourth-order valence-electron chi connectivity index (χ4n) is 3.99. The van der Waals surface area contributed by atoms with Gasteiger partial charge in [-0.15, -0.1) is 0 Å². The smallest absolute Gasteiger partial charge is 0.280 e. The maximum atomic E-state index is 13.7. The second-order valence-electron chi connectivity index (χ2n) is 7.82. The molecule has 1 amide bonds. The highest BCUT2D eigenvalue weighted by Crippen LogP contribution is 2.34. The number of nitrogens with zero attached hydrogens (tertiary/aromatic N) is 3. The first-order chi connectivity index (χ1) is 13.4. The van der Waals surface area contributed by atoms with E-state index < -0.39 is 12.3 Å². The lowest BCUT2D eigenvalue weighted by molar-refractivity contribution is 0.0566. The van der Waals surface area contributed by atoms with E-state index >= 15 is 0 Å². The number of aliphatic hydroxyl groups excluding tert-OH is 1. The van der Waals surface area contributed by atoms with Gasteiger partial charge in [0.05, 0.1) is 11.8 Å². The summed E-state index contributed by atoms with van der Waals surface area (Å²) >= 11 is 0. The molecule has 2 atom stereocenters. The number of alkyl halides is 2. The fraction of sp³-hybridized carbons (Fsp3) is 0.524. The summed E-state index contributed by atoms with van der Waals surface area (Å²) in [6.07, 6.45) is -0.829. The van der Waals surface area contributed by atoms with Crippen LogP contribution in [0.3, 0.4) is 0 Å². The third-order valence-electron chi connectivity index (χ3n) is 5.34. The molecule has 1 saturated heterocycles. The van der Waals surface area contributed by atoms with Crippen LogP contribution in [0, 0.1) is 11.8 Å². The fourth-order valence-corrected chi connectivity index (χ4v) is 3.99. The standard InChI is InChI=1S/C21H27F2N3O2/c1-14(2)11-26-19(20(22)23)18(10-24-26)21(28)25-9-8-17(16(12-25)13-27)15-6-4-3-5-7-15/h3-7,10,14,16-17,20,27H,8-9,11-13H2,1-2H3/t16-,17+/m1/s1. The average molecular weight is 391 g/mol. The lowest BCUT2D eigenvalue weighted by Crippen LogP contribution is -2.44. The van der Waals surface area contributed by atoms with Crippen molar-refractivity contribution in [3.8, 4) is 0 Å². The third kappa shape index (κ3) is 4.24. The van der Waals surface area contributed by atoms with Crippen molar-refractivity contribution in [1.82, 2.24) is 14.7 Å². The zero-order chi connectivity index (χ0) is 20.3. The number of likely N-dealkylation sites (tertiary alicyclic amines) is 1. The van der Waals surface area contributed by atoms with Crippen LogP contribution in [-0.2, 0) is 6.54 Å². The Labute approximate surface area is 164 Å². The summed E-state index contributed by atoms with van der Waals surface area (Å²) in [5, 5.41) is 13.9. The molecule has 1 aliphatic heterocycles. The zero-order valence-corrected chi connectivity index (χ0v) is 16.3. The number of hydrogen-bond acceptors (Lipinski definition) is 3. The second kappa shape index (κ2) is 8.82. The van der Waals surface area contributed by atoms with E-state index in [4.69, 9.17) is 0 Å². The molecule has 1 fully saturated rings. The Bertz CT molecular complexity index is 792. The quantitative estimate of drug-likeness (QED) is 0.817. The van der Waals surface area contributed by atoms with E-state index in [-0.39, 0.29) is 35.6 Å². The Balaban J connectivity index is 1.80. The summed E-state index contributed by atoms with van der Waals surface area (Å²) in [5.41, 5.74) is 0.779. The van der Waals surface area contributed by atoms with E-state index in [0.29, 0.717) is 26.1 Å². The molecule has 5 nitrogen and oxygen atoms in total. The number of aliphatic hydroxyl groups is 1. The van der Waals surface area contributed by atoms with Gasteiger partial charge in [0.15, 0.2) is 0 Å². The first kappa shape index (κ1) is 20.5. The highest BCUT2D eigenvalue weighted by atomic mass is 19.3. The van der Waals surface area contributed by atoms with Crippen molar-refractivity contribution in [2.24, 2.45) is 11.8 Å². The van der Waals surface area contributed by atoms with E-state index in [2.05, 4.69) is 5.10 Å². The van der Waals surface area contributed by atoms with Crippen LogP contribution >= 0.6 is 0 Å². The second-order valence-corrected chi connectivity index (χ2v) is 7.82. The molecule has 3 rings (SSSR count). The molecule has 1 aromatic heterocycles. The molecule has 7 heteroatoms. The Kier molecular flexibility index (Phi) is 6.44. The number of halogens is 2. The van der Waals surface area contributed by atoms with Gasteiger partial charge in [-0.1, -0.05) is 44.2 Å². The van der Waals surface area contributed by atoms with Gasteiger partial charge in [0.2, 0.25) is 0 Å². The van der Waals surface area contributed by atoms with Gasteiger partial charge in [0.25, 0.3) is 12.3 Å². The highest BCUT2D eigenvalue weighted by Gasteiger charge is 2.35. The number of amides is 1. The number of piperidine rings is 1. The van der Waals surface area contributed by atoms with Crippen molar-refractivity contribution in [1.29, 1.82) is 0 Å². The Morgan fingerprint density at radius 1 is 1.29 bits per heavy atom. The molecule has 1 aliphatic rings. The molecule has 0 saturated carbocycles. The van der Waals surface area contributed by atoms with Crippen molar-refractivity contribution in [2.45, 2.75) is 39.2 Å². The summed E-state index contributed by atoms with van der Waals surface area (Å²) in [6.45, 7) is 4.91. The predicted octanol–water partition coefficient (Wildman–Crippen LogP) is 3.71. The molecule has 28 heavy (non-hydrogen) atoms. The van der Waals surface area contributed by atoms with Crippen molar-refractivity contribution in [3.63, 3.8) is 0 Å². The molecule has 2 aromatic rings. The van der Waals surface area contributed by atoms with Crippen molar-refractivity contribution < 1.29 is 18.7 Å². The number of hydrogen-bond donors (Lipinski definition) is 1. The molecular formula is C21H27F2N3O2. The highest BCUT2D eigenvalue weighted by molar-refractivity contribution is 5.95. The van der Waals surface area contributed by atoms with E-state index in [0.717, 1.165) is 5.56 Å². The Morgan fingerprint density at radius 2 is 2.00 bits per heavy atom. The van der Waals surface area contributed by atoms with Gasteiger partial charge in [-0.2, -0.15) is 5.10 Å². The van der Waals surface area contributed by atoms with Crippen LogP contribution in [0.5, 0.6) is 0 Å². The molecule has 0 unspecified atom stereocenters. The van der Waals surface area contributed by atoms with Crippen LogP contribution in [0.4, 0.5) is 8.78 Å². The number of aromatic nitrogens is 2. The minimum Gasteiger partial charge on any atom is -0.396 e. The van der Waals surface area contributed by atoms with Crippen molar-refractivity contribution >= 4 is 5.91 Å². The minimum absolute atomic E-state index is 0.0366. The van der Waals surface area contributed by atoms with Gasteiger partial charge in [0, 0.05) is 32.2 Å². The molecule has 1 N–H and O–H groups in total. The van der Waals surface area contributed by atoms with Crippen LogP contribution in [0.15, 0.2) is 36.5 Å². The predicted molar refractivity (Wildman–Crippen MR) is 102 cm³/mol. The molecule has 0 aliphatic carbocycles. The van der Waals surface area contributed by atoms with Crippen molar-refractivity contribution in [2.75, 3.05) is 19.7 Å². The third-order valence-corrected chi connectivity index (χ3v) is 5.34. The van der Waals surface area contributed by atoms with Gasteiger partial charge in [-0.3, -0.25) is 9.48 Å². The lowest BCUT2D eigenvalue weighted by atomic mass is 9.81. The Hall–Kier alpha value is -2.28. The van der Waals surface area contributed by atoms with Crippen LogP contribution in [0.1, 0.15) is 54.2 Å². The van der Waals surface area contributed by atoms with Crippen molar-refractivity contribution in [3.05, 3.63) is 53.3 Å². The topological polar surface area (TPSA) is 58.4 Å². The summed E-state index contributed by atoms with van der Waals surface area (Å²) in [5.74, 6) is -0.273. The van der Waals surface area contributed by atoms with Crippen LogP contribution in [0.2, 0.25) is 0 Å². The summed E-state index contributed by atoms with van der Waals surface area (Å²) in [7, 11) is 0. The first-order valence-corrected chi connectivity index (χ1v) is 9.71. The summed E-state index contributed by atoms with van der Waals surface area (Å²) < 4.78 is 28.5. The molecule has 2 heterocycles. The number of carbonyl (C=O) groups is 1. The normalized spacial score (nSPS) is 20.2. The largest absolute Gasteiger partial charge is 0.396 e. The minimum atomic E-state index is -2.77. The summed E-state index contributed by atoms with van der Waals surface area (Å²) in [4.78, 5) is 14.6. The van der Waals surface area contributed by atoms with Gasteiger partial charge in [-0.25, -0.2) is 8.78 Å². The number of carbonyl (C=O) groups excluding carboxylic acids is 1. The maximum Gasteiger partial charge on any atom is 0.280 e. The molecular weight excluding hydrogens is 364 g/mol. The summed E-state index contributed by atoms with van der Waals surface area (Å²) in [6, 6.07) is 9.90. The van der Waals surface area contributed by atoms with Gasteiger partial charge < -0.3 is 10.0 Å². The zero-order valence-electron chi connectivity index (χ0n) is 16.3. The molecule has 152 valence electrons. The molecule has 0 bridgehead atoms. The van der Waals surface area contributed by atoms with Gasteiger partial charge >= 0.3 is 0 Å². The van der Waals surface area contributed by atoms with Crippen LogP contribution in [0.25, 0.3) is 0 Å². The van der Waals surface area contributed by atoms with Gasteiger partial charge in [0.1, 0.15) is 5.69 Å². The first-order valence-electron chi connectivity index (χ1n) is 9.71. The van der Waals surface area contributed by atoms with Gasteiger partial charge in [-0.05, 0) is 23.8 Å². The van der Waals surface area contributed by atoms with E-state index in [1.54, 1.807) is 4.90 Å². The number of rotatable bonds is 6. The maximum absolute atomic E-state index is 13.7. The average Bonchev–Trinajstić information content (AvgIpc) is 3.10. The van der Waals surface area contributed by atoms with E-state index in [1.807, 2.05) is 44.2 Å². The van der Waals surface area contributed by atoms with E-state index in [1.165, 1.54) is 10.9 Å². The monoisotopic (exact) mass is 391 g/mol. The lowest BCUT2D eigenvalue weighted by Gasteiger charge is -2.38.